The van der Waals surface area contributed by atoms with Gasteiger partial charge in [0.15, 0.2) is 0 Å². The van der Waals surface area contributed by atoms with Crippen LogP contribution in [0, 0.1) is 6.92 Å². The number of fused-ring (bicyclic) bond motifs is 10. The summed E-state index contributed by atoms with van der Waals surface area (Å²) in [5, 5.41) is 7.33. The summed E-state index contributed by atoms with van der Waals surface area (Å²) in [4.78, 5) is 0. The Morgan fingerprint density at radius 3 is 1.41 bits per heavy atom. The Morgan fingerprint density at radius 2 is 0.817 bits per heavy atom. The molecule has 0 N–H and O–H groups in total. The highest BCUT2D eigenvalue weighted by molar-refractivity contribution is 6.15. The maximum atomic E-state index is 4.52. The largest absolute Gasteiger partial charge is 0.309 e. The maximum absolute atomic E-state index is 4.52. The predicted octanol–water partition coefficient (Wildman–Crippen LogP) is 17.4. The van der Waals surface area contributed by atoms with Gasteiger partial charge in [-0.3, -0.25) is 0 Å². The molecule has 334 valence electrons. The summed E-state index contributed by atoms with van der Waals surface area (Å²) in [6.45, 7) is 11.2. The topological polar surface area (TPSA) is 14.8 Å². The minimum Gasteiger partial charge on any atom is -0.309 e. The molecule has 1 atom stereocenters. The molecule has 14 rings (SSSR count). The number of benzene rings is 10. The van der Waals surface area contributed by atoms with Crippen LogP contribution < -0.4 is 0 Å². The van der Waals surface area contributed by atoms with Crippen LogP contribution in [-0.2, 0) is 5.41 Å². The second kappa shape index (κ2) is 15.7. The first-order valence-electron chi connectivity index (χ1n) is 24.5. The van der Waals surface area contributed by atoms with E-state index >= 15 is 0 Å². The number of rotatable bonds is 8. The van der Waals surface area contributed by atoms with Gasteiger partial charge in [-0.25, -0.2) is 0 Å². The number of para-hydroxylation sites is 4. The molecule has 0 saturated heterocycles. The molecule has 0 fully saturated rings. The van der Waals surface area contributed by atoms with E-state index in [4.69, 9.17) is 0 Å². The fourth-order valence-corrected chi connectivity index (χ4v) is 12.5. The highest BCUT2D eigenvalue weighted by Gasteiger charge is 2.47. The molecule has 71 heavy (non-hydrogen) atoms. The van der Waals surface area contributed by atoms with E-state index in [1.807, 2.05) is 6.08 Å². The third-order valence-electron chi connectivity index (χ3n) is 15.4. The van der Waals surface area contributed by atoms with Gasteiger partial charge in [-0.2, -0.15) is 0 Å². The standard InChI is InChI=1S/C68H47N3/c1-4-51-52-27-15-18-30-60(52)68(59(51)5-2,47-21-9-6-10-22-47)61-43-67-55(39-44(61)3)57-41-46(45-33-36-64-56(40-45)53-28-16-19-31-62(53)69(64)48-23-11-7-12-24-48)34-37-65(57)71(67)50-35-38-66-58(42-50)54-29-17-20-32-63(54)70(66)49-25-13-8-14-26-49/h4-43H,1-2H2,3H3. The van der Waals surface area contributed by atoms with Crippen LogP contribution in [0.5, 0.6) is 0 Å². The Bertz CT molecular complexity index is 4370. The van der Waals surface area contributed by atoms with E-state index in [0.29, 0.717) is 0 Å². The first-order chi connectivity index (χ1) is 35.1. The normalized spacial score (nSPS) is 14.7. The second-order valence-corrected chi connectivity index (χ2v) is 19.0. The van der Waals surface area contributed by atoms with Gasteiger partial charge >= 0.3 is 0 Å². The SMILES string of the molecule is C=CC1=C(C=C)C(c2ccccc2)(c2cc3c(cc2C)c2cc(-c4ccc5c(c4)c4ccccc4n5-c4ccccc4)ccc2n3-c2ccc3c(c2)c2ccccc2n3-c2ccccc2)c2ccccc21. The lowest BCUT2D eigenvalue weighted by atomic mass is 9.65. The van der Waals surface area contributed by atoms with E-state index in [-0.39, 0.29) is 0 Å². The zero-order valence-corrected chi connectivity index (χ0v) is 39.3. The highest BCUT2D eigenvalue weighted by atomic mass is 15.0. The zero-order valence-electron chi connectivity index (χ0n) is 39.3. The zero-order chi connectivity index (χ0) is 47.4. The van der Waals surface area contributed by atoms with E-state index in [0.717, 1.165) is 39.2 Å². The molecule has 0 aliphatic heterocycles. The van der Waals surface area contributed by atoms with Crippen molar-refractivity contribution in [3.8, 4) is 28.2 Å². The second-order valence-electron chi connectivity index (χ2n) is 19.0. The molecule has 1 aliphatic carbocycles. The van der Waals surface area contributed by atoms with Crippen molar-refractivity contribution >= 4 is 71.0 Å². The molecule has 3 nitrogen and oxygen atoms in total. The minimum absolute atomic E-state index is 0.644. The first-order valence-corrected chi connectivity index (χ1v) is 24.5. The summed E-state index contributed by atoms with van der Waals surface area (Å²) in [6, 6.07) is 84.9. The number of hydrogen-bond donors (Lipinski definition) is 0. The van der Waals surface area contributed by atoms with Crippen molar-refractivity contribution in [2.45, 2.75) is 12.3 Å². The molecule has 0 spiro atoms. The quantitative estimate of drug-likeness (QED) is 0.144. The lowest BCUT2D eigenvalue weighted by Crippen LogP contribution is -2.30. The van der Waals surface area contributed by atoms with Crippen molar-refractivity contribution in [1.29, 1.82) is 0 Å². The Balaban J connectivity index is 1.06. The van der Waals surface area contributed by atoms with Crippen molar-refractivity contribution < 1.29 is 0 Å². The van der Waals surface area contributed by atoms with Gasteiger partial charge in [0, 0.05) is 49.4 Å². The summed E-state index contributed by atoms with van der Waals surface area (Å²) >= 11 is 0. The summed E-state index contributed by atoms with van der Waals surface area (Å²) < 4.78 is 7.28. The van der Waals surface area contributed by atoms with E-state index < -0.39 is 5.41 Å². The van der Waals surface area contributed by atoms with E-state index in [2.05, 4.69) is 270 Å². The molecule has 0 amide bonds. The number of hydrogen-bond acceptors (Lipinski definition) is 0. The van der Waals surface area contributed by atoms with Crippen molar-refractivity contribution in [2.24, 2.45) is 0 Å². The summed E-state index contributed by atoms with van der Waals surface area (Å²) in [7, 11) is 0. The minimum atomic E-state index is -0.644. The average molecular weight is 906 g/mol. The maximum Gasteiger partial charge on any atom is 0.0716 e. The first kappa shape index (κ1) is 40.8. The Kier molecular flexibility index (Phi) is 9.02. The van der Waals surface area contributed by atoms with Gasteiger partial charge in [0.1, 0.15) is 0 Å². The van der Waals surface area contributed by atoms with Crippen molar-refractivity contribution in [1.82, 2.24) is 13.7 Å². The van der Waals surface area contributed by atoms with Gasteiger partial charge in [-0.1, -0.05) is 165 Å². The van der Waals surface area contributed by atoms with E-state index in [1.54, 1.807) is 0 Å². The van der Waals surface area contributed by atoms with Gasteiger partial charge in [-0.15, -0.1) is 0 Å². The van der Waals surface area contributed by atoms with Crippen molar-refractivity contribution in [3.63, 3.8) is 0 Å². The van der Waals surface area contributed by atoms with E-state index in [9.17, 15) is 0 Å². The van der Waals surface area contributed by atoms with Crippen LogP contribution in [-0.4, -0.2) is 13.7 Å². The lowest BCUT2D eigenvalue weighted by Gasteiger charge is -2.36. The van der Waals surface area contributed by atoms with Crippen LogP contribution in [0.4, 0.5) is 0 Å². The molecule has 0 bridgehead atoms. The molecule has 1 unspecified atom stereocenters. The fourth-order valence-electron chi connectivity index (χ4n) is 12.5. The number of nitrogens with zero attached hydrogens (tertiary/aromatic N) is 3. The average Bonchev–Trinajstić information content (AvgIpc) is 4.14. The molecule has 0 saturated carbocycles. The predicted molar refractivity (Wildman–Crippen MR) is 300 cm³/mol. The molecule has 10 aromatic carbocycles. The monoisotopic (exact) mass is 905 g/mol. The smallest absolute Gasteiger partial charge is 0.0716 e. The summed E-state index contributed by atoms with van der Waals surface area (Å²) in [5.74, 6) is 0. The van der Waals surface area contributed by atoms with Crippen molar-refractivity contribution in [3.05, 3.63) is 289 Å². The molecule has 1 aliphatic rings. The molecule has 3 heterocycles. The molecular formula is C68H47N3. The molecule has 0 radical (unpaired) electrons. The highest BCUT2D eigenvalue weighted by Crippen LogP contribution is 2.56. The van der Waals surface area contributed by atoms with Crippen LogP contribution in [0.2, 0.25) is 0 Å². The fraction of sp³-hybridized carbons (Fsp3) is 0.0294. The van der Waals surface area contributed by atoms with Gasteiger partial charge in [0.2, 0.25) is 0 Å². The summed E-state index contributed by atoms with van der Waals surface area (Å²) in [5.41, 5.74) is 20.5. The third kappa shape index (κ3) is 5.78. The van der Waals surface area contributed by atoms with Crippen LogP contribution in [0.1, 0.15) is 27.8 Å². The van der Waals surface area contributed by atoms with Crippen LogP contribution in [0.3, 0.4) is 0 Å². The van der Waals surface area contributed by atoms with Gasteiger partial charge in [-0.05, 0) is 148 Å². The molecular weight excluding hydrogens is 859 g/mol. The van der Waals surface area contributed by atoms with Gasteiger partial charge < -0.3 is 13.7 Å². The number of allylic oxidation sites excluding steroid dienone is 4. The van der Waals surface area contributed by atoms with Crippen LogP contribution in [0.25, 0.3) is 99.2 Å². The Morgan fingerprint density at radius 1 is 0.352 bits per heavy atom. The number of aryl methyl sites for hydroxylation is 1. The van der Waals surface area contributed by atoms with Crippen LogP contribution >= 0.6 is 0 Å². The van der Waals surface area contributed by atoms with Gasteiger partial charge in [0.05, 0.1) is 38.5 Å². The van der Waals surface area contributed by atoms with Gasteiger partial charge in [0.25, 0.3) is 0 Å². The molecule has 13 aromatic rings. The summed E-state index contributed by atoms with van der Waals surface area (Å²) in [6.07, 6.45) is 4.09. The van der Waals surface area contributed by atoms with E-state index in [1.165, 1.54) is 93.3 Å². The van der Waals surface area contributed by atoms with Crippen LogP contribution in [0.15, 0.2) is 261 Å². The molecule has 3 heteroatoms. The third-order valence-corrected chi connectivity index (χ3v) is 15.4. The van der Waals surface area contributed by atoms with Crippen molar-refractivity contribution in [2.75, 3.05) is 0 Å². The molecule has 3 aromatic heterocycles. The lowest BCUT2D eigenvalue weighted by molar-refractivity contribution is 0.756. The Hall–Kier alpha value is -9.18. The number of aromatic nitrogens is 3. The Labute approximate surface area is 412 Å².